The third-order valence-electron chi connectivity index (χ3n) is 2.51. The van der Waals surface area contributed by atoms with E-state index in [1.807, 2.05) is 19.2 Å². The van der Waals surface area contributed by atoms with Crippen molar-refractivity contribution in [1.82, 2.24) is 10.3 Å². The second kappa shape index (κ2) is 4.81. The first-order chi connectivity index (χ1) is 7.86. The third kappa shape index (κ3) is 1.92. The van der Waals surface area contributed by atoms with E-state index in [4.69, 9.17) is 9.15 Å². The molecule has 16 heavy (non-hydrogen) atoms. The summed E-state index contributed by atoms with van der Waals surface area (Å²) >= 11 is 0. The van der Waals surface area contributed by atoms with Crippen molar-refractivity contribution < 1.29 is 9.15 Å². The molecule has 0 spiro atoms. The minimum Gasteiger partial charge on any atom is -0.495 e. The number of nitrogens with zero attached hydrogens (tertiary/aromatic N) is 1. The summed E-state index contributed by atoms with van der Waals surface area (Å²) < 4.78 is 10.4. The Kier molecular flexibility index (Phi) is 3.22. The number of hydrogen-bond acceptors (Lipinski definition) is 4. The first kappa shape index (κ1) is 10.7. The van der Waals surface area contributed by atoms with E-state index in [0.29, 0.717) is 0 Å². The van der Waals surface area contributed by atoms with Crippen LogP contribution < -0.4 is 10.1 Å². The van der Waals surface area contributed by atoms with Gasteiger partial charge in [-0.1, -0.05) is 0 Å². The van der Waals surface area contributed by atoms with Gasteiger partial charge in [-0.3, -0.25) is 4.98 Å². The molecule has 0 bridgehead atoms. The molecule has 0 fully saturated rings. The number of methoxy groups -OCH3 is 1. The molecule has 2 rings (SSSR count). The maximum absolute atomic E-state index is 5.29. The molecule has 2 aromatic rings. The lowest BCUT2D eigenvalue weighted by Gasteiger charge is -2.17. The number of hydrogen-bond donors (Lipinski definition) is 1. The third-order valence-corrected chi connectivity index (χ3v) is 2.51. The largest absolute Gasteiger partial charge is 0.495 e. The highest BCUT2D eigenvalue weighted by atomic mass is 16.5. The van der Waals surface area contributed by atoms with Gasteiger partial charge in [0.05, 0.1) is 31.9 Å². The van der Waals surface area contributed by atoms with Gasteiger partial charge in [-0.25, -0.2) is 0 Å². The van der Waals surface area contributed by atoms with Gasteiger partial charge in [-0.05, 0) is 19.2 Å². The molecule has 4 heteroatoms. The zero-order chi connectivity index (χ0) is 11.4. The molecule has 0 saturated carbocycles. The zero-order valence-corrected chi connectivity index (χ0v) is 9.31. The van der Waals surface area contributed by atoms with Crippen molar-refractivity contribution in [3.05, 3.63) is 48.2 Å². The Hall–Kier alpha value is -1.81. The van der Waals surface area contributed by atoms with Crippen molar-refractivity contribution in [2.45, 2.75) is 6.04 Å². The summed E-state index contributed by atoms with van der Waals surface area (Å²) in [5.41, 5.74) is 2.11. The molecule has 84 valence electrons. The van der Waals surface area contributed by atoms with Gasteiger partial charge in [0.15, 0.2) is 0 Å². The molecule has 2 aromatic heterocycles. The summed E-state index contributed by atoms with van der Waals surface area (Å²) in [5, 5.41) is 3.23. The molecule has 0 aliphatic carbocycles. The highest BCUT2D eigenvalue weighted by Crippen LogP contribution is 2.28. The van der Waals surface area contributed by atoms with E-state index in [2.05, 4.69) is 10.3 Å². The minimum atomic E-state index is 0.0525. The Morgan fingerprint density at radius 3 is 2.94 bits per heavy atom. The van der Waals surface area contributed by atoms with Gasteiger partial charge in [-0.2, -0.15) is 0 Å². The van der Waals surface area contributed by atoms with E-state index < -0.39 is 0 Å². The fourth-order valence-electron chi connectivity index (χ4n) is 1.74. The van der Waals surface area contributed by atoms with Crippen LogP contribution in [0.4, 0.5) is 0 Å². The molecular formula is C12H14N2O2. The molecule has 2 heterocycles. The maximum atomic E-state index is 5.29. The van der Waals surface area contributed by atoms with E-state index in [-0.39, 0.29) is 6.04 Å². The quantitative estimate of drug-likeness (QED) is 0.852. The smallest absolute Gasteiger partial charge is 0.142 e. The maximum Gasteiger partial charge on any atom is 0.142 e. The summed E-state index contributed by atoms with van der Waals surface area (Å²) in [6.07, 6.45) is 6.84. The molecule has 0 aliphatic heterocycles. The van der Waals surface area contributed by atoms with Gasteiger partial charge in [0, 0.05) is 17.3 Å². The minimum absolute atomic E-state index is 0.0525. The molecule has 0 radical (unpaired) electrons. The molecule has 1 N–H and O–H groups in total. The lowest BCUT2D eigenvalue weighted by atomic mass is 10.0. The predicted octanol–water partition coefficient (Wildman–Crippen LogP) is 1.99. The van der Waals surface area contributed by atoms with Gasteiger partial charge in [-0.15, -0.1) is 0 Å². The van der Waals surface area contributed by atoms with Crippen LogP contribution in [0.5, 0.6) is 5.75 Å². The van der Waals surface area contributed by atoms with E-state index in [0.717, 1.165) is 16.9 Å². The Bertz CT molecular complexity index is 440. The normalized spacial score (nSPS) is 12.4. The lowest BCUT2D eigenvalue weighted by Crippen LogP contribution is -2.17. The SMILES string of the molecule is CNC(c1ccoc1)c1ccncc1OC. The van der Waals surface area contributed by atoms with Crippen molar-refractivity contribution in [1.29, 1.82) is 0 Å². The van der Waals surface area contributed by atoms with E-state index >= 15 is 0 Å². The number of rotatable bonds is 4. The van der Waals surface area contributed by atoms with Crippen molar-refractivity contribution in [2.75, 3.05) is 14.2 Å². The first-order valence-electron chi connectivity index (χ1n) is 5.04. The van der Waals surface area contributed by atoms with Gasteiger partial charge < -0.3 is 14.5 Å². The zero-order valence-electron chi connectivity index (χ0n) is 9.31. The van der Waals surface area contributed by atoms with Crippen molar-refractivity contribution in [2.24, 2.45) is 0 Å². The molecular weight excluding hydrogens is 204 g/mol. The number of aromatic nitrogens is 1. The molecule has 0 amide bonds. The van der Waals surface area contributed by atoms with Gasteiger partial charge >= 0.3 is 0 Å². The topological polar surface area (TPSA) is 47.3 Å². The highest BCUT2D eigenvalue weighted by molar-refractivity contribution is 5.38. The summed E-state index contributed by atoms with van der Waals surface area (Å²) in [4.78, 5) is 4.04. The predicted molar refractivity (Wildman–Crippen MR) is 60.4 cm³/mol. The molecule has 0 saturated heterocycles. The van der Waals surface area contributed by atoms with Crippen LogP contribution in [0.3, 0.4) is 0 Å². The van der Waals surface area contributed by atoms with E-state index in [1.165, 1.54) is 0 Å². The van der Waals surface area contributed by atoms with Crippen LogP contribution >= 0.6 is 0 Å². The second-order valence-corrected chi connectivity index (χ2v) is 3.40. The molecule has 4 nitrogen and oxygen atoms in total. The highest BCUT2D eigenvalue weighted by Gasteiger charge is 2.17. The monoisotopic (exact) mass is 218 g/mol. The van der Waals surface area contributed by atoms with Crippen molar-refractivity contribution in [3.63, 3.8) is 0 Å². The average molecular weight is 218 g/mol. The summed E-state index contributed by atoms with van der Waals surface area (Å²) in [7, 11) is 3.54. The van der Waals surface area contributed by atoms with Gasteiger partial charge in [0.25, 0.3) is 0 Å². The fourth-order valence-corrected chi connectivity index (χ4v) is 1.74. The molecule has 1 atom stereocenters. The standard InChI is InChI=1S/C12H14N2O2/c1-13-12(9-4-6-16-8-9)10-3-5-14-7-11(10)15-2/h3-8,12-13H,1-2H3. The Balaban J connectivity index is 2.41. The van der Waals surface area contributed by atoms with Crippen LogP contribution in [0.15, 0.2) is 41.5 Å². The molecule has 0 aromatic carbocycles. The van der Waals surface area contributed by atoms with E-state index in [1.54, 1.807) is 32.0 Å². The first-order valence-corrected chi connectivity index (χ1v) is 5.04. The van der Waals surface area contributed by atoms with Crippen LogP contribution in [0.25, 0.3) is 0 Å². The number of pyridine rings is 1. The van der Waals surface area contributed by atoms with E-state index in [9.17, 15) is 0 Å². The number of furan rings is 1. The Morgan fingerprint density at radius 2 is 2.31 bits per heavy atom. The average Bonchev–Trinajstić information content (AvgIpc) is 2.84. The second-order valence-electron chi connectivity index (χ2n) is 3.40. The molecule has 0 aliphatic rings. The number of nitrogens with one attached hydrogen (secondary N) is 1. The van der Waals surface area contributed by atoms with Crippen LogP contribution in [0.1, 0.15) is 17.2 Å². The van der Waals surface area contributed by atoms with Crippen LogP contribution in [0, 0.1) is 0 Å². The van der Waals surface area contributed by atoms with Crippen LogP contribution in [-0.2, 0) is 0 Å². The van der Waals surface area contributed by atoms with Crippen molar-refractivity contribution >= 4 is 0 Å². The Labute approximate surface area is 94.3 Å². The van der Waals surface area contributed by atoms with Crippen LogP contribution in [-0.4, -0.2) is 19.1 Å². The lowest BCUT2D eigenvalue weighted by molar-refractivity contribution is 0.403. The van der Waals surface area contributed by atoms with Crippen molar-refractivity contribution in [3.8, 4) is 5.75 Å². The fraction of sp³-hybridized carbons (Fsp3) is 0.250. The summed E-state index contributed by atoms with van der Waals surface area (Å²) in [5.74, 6) is 0.767. The molecule has 1 unspecified atom stereocenters. The van der Waals surface area contributed by atoms with Gasteiger partial charge in [0.1, 0.15) is 5.75 Å². The van der Waals surface area contributed by atoms with Gasteiger partial charge in [0.2, 0.25) is 0 Å². The Morgan fingerprint density at radius 1 is 1.44 bits per heavy atom. The summed E-state index contributed by atoms with van der Waals surface area (Å²) in [6, 6.07) is 3.92. The summed E-state index contributed by atoms with van der Waals surface area (Å²) in [6.45, 7) is 0. The number of ether oxygens (including phenoxy) is 1. The van der Waals surface area contributed by atoms with Crippen LogP contribution in [0.2, 0.25) is 0 Å².